The summed E-state index contributed by atoms with van der Waals surface area (Å²) in [5.74, 6) is 0.0304. The van der Waals surface area contributed by atoms with Gasteiger partial charge in [0.25, 0.3) is 5.91 Å². The fourth-order valence-electron chi connectivity index (χ4n) is 4.39. The fraction of sp³-hybridized carbons (Fsp3) is 0.548. The molecule has 3 aromatic rings. The largest absolute Gasteiger partial charge is 0.493 e. The van der Waals surface area contributed by atoms with Gasteiger partial charge in [0.15, 0.2) is 45.9 Å². The Balaban J connectivity index is 1.73. The summed E-state index contributed by atoms with van der Waals surface area (Å²) in [7, 11) is -4.38. The first kappa shape index (κ1) is 33.0. The van der Waals surface area contributed by atoms with Crippen LogP contribution in [0.3, 0.4) is 0 Å². The molecule has 12 heteroatoms. The second kappa shape index (κ2) is 12.2. The lowest BCUT2D eigenvalue weighted by atomic mass is 10.1. The average molecular weight is 626 g/mol. The molecule has 0 saturated carbocycles. The Morgan fingerprint density at radius 1 is 1.00 bits per heavy atom. The molecule has 4 rings (SSSR count). The van der Waals surface area contributed by atoms with Crippen molar-refractivity contribution in [1.29, 1.82) is 0 Å². The van der Waals surface area contributed by atoms with Gasteiger partial charge < -0.3 is 23.6 Å². The molecule has 1 saturated heterocycles. The van der Waals surface area contributed by atoms with Crippen LogP contribution in [0.1, 0.15) is 58.1 Å². The summed E-state index contributed by atoms with van der Waals surface area (Å²) in [6.07, 6.45) is 2.50. The summed E-state index contributed by atoms with van der Waals surface area (Å²) >= 11 is 0. The Labute approximate surface area is 257 Å². The zero-order valence-electron chi connectivity index (χ0n) is 27.2. The number of anilines is 1. The summed E-state index contributed by atoms with van der Waals surface area (Å²) < 4.78 is 28.4. The van der Waals surface area contributed by atoms with E-state index in [9.17, 15) is 4.79 Å². The van der Waals surface area contributed by atoms with Crippen LogP contribution < -0.4 is 5.32 Å². The van der Waals surface area contributed by atoms with Crippen LogP contribution >= 0.6 is 0 Å². The number of carbonyl (C=O) groups is 1. The van der Waals surface area contributed by atoms with Gasteiger partial charge in [-0.15, -0.1) is 0 Å². The molecule has 0 aliphatic carbocycles. The predicted octanol–water partition coefficient (Wildman–Crippen LogP) is 6.92. The lowest BCUT2D eigenvalue weighted by Crippen LogP contribution is -2.50. The molecule has 10 nitrogen and oxygen atoms in total. The van der Waals surface area contributed by atoms with Crippen LogP contribution in [0.25, 0.3) is 11.2 Å². The van der Waals surface area contributed by atoms with Gasteiger partial charge in [0.05, 0.1) is 19.2 Å². The van der Waals surface area contributed by atoms with Crippen molar-refractivity contribution in [2.45, 2.75) is 102 Å². The summed E-state index contributed by atoms with van der Waals surface area (Å²) in [6, 6.07) is 8.97. The van der Waals surface area contributed by atoms with Gasteiger partial charge in [0.1, 0.15) is 18.5 Å². The van der Waals surface area contributed by atoms with Gasteiger partial charge in [-0.05, 0) is 48.4 Å². The van der Waals surface area contributed by atoms with Gasteiger partial charge in [-0.1, -0.05) is 66.3 Å². The van der Waals surface area contributed by atoms with Gasteiger partial charge in [-0.2, -0.15) is 0 Å². The number of nitrogens with zero attached hydrogens (tertiary/aromatic N) is 4. The summed E-state index contributed by atoms with van der Waals surface area (Å²) in [5.41, 5.74) is 1.48. The SMILES string of the molecule is C=CO[C@H]1[C@@H](O[Si](C)(C)C(C)(C)C)[C@H](n2cnc3c(NC(=O)c4ccccc4)ncnc32)O[C@@H]1CO[Si](C)(C)C(C)(C)C. The molecule has 1 fully saturated rings. The molecule has 0 spiro atoms. The normalized spacial score (nSPS) is 21.6. The van der Waals surface area contributed by atoms with E-state index in [1.807, 2.05) is 22.8 Å². The quantitative estimate of drug-likeness (QED) is 0.191. The molecule has 1 amide bonds. The van der Waals surface area contributed by atoms with Crippen LogP contribution in [0, 0.1) is 0 Å². The van der Waals surface area contributed by atoms with Crippen molar-refractivity contribution in [3.05, 3.63) is 61.4 Å². The second-order valence-electron chi connectivity index (χ2n) is 14.1. The fourth-order valence-corrected chi connectivity index (χ4v) is 6.69. The highest BCUT2D eigenvalue weighted by atomic mass is 28.4. The van der Waals surface area contributed by atoms with Crippen LogP contribution in [0.15, 0.2) is 55.8 Å². The molecule has 3 heterocycles. The molecule has 0 bridgehead atoms. The van der Waals surface area contributed by atoms with Crippen LogP contribution in [0.2, 0.25) is 36.3 Å². The van der Waals surface area contributed by atoms with E-state index in [0.29, 0.717) is 29.2 Å². The minimum atomic E-state index is -2.30. The maximum absolute atomic E-state index is 12.9. The number of benzene rings is 1. The number of hydrogen-bond donors (Lipinski definition) is 1. The molecule has 234 valence electrons. The van der Waals surface area contributed by atoms with E-state index in [4.69, 9.17) is 18.3 Å². The Morgan fingerprint density at radius 2 is 1.65 bits per heavy atom. The summed E-state index contributed by atoms with van der Waals surface area (Å²) in [6.45, 7) is 26.3. The highest BCUT2D eigenvalue weighted by Gasteiger charge is 2.53. The summed E-state index contributed by atoms with van der Waals surface area (Å²) in [4.78, 5) is 26.4. The van der Waals surface area contributed by atoms with Gasteiger partial charge >= 0.3 is 0 Å². The second-order valence-corrected chi connectivity index (χ2v) is 23.7. The number of nitrogens with one attached hydrogen (secondary N) is 1. The van der Waals surface area contributed by atoms with Crippen molar-refractivity contribution < 1.29 is 23.1 Å². The third-order valence-electron chi connectivity index (χ3n) is 9.09. The Morgan fingerprint density at radius 3 is 2.26 bits per heavy atom. The maximum atomic E-state index is 12.9. The molecule has 0 radical (unpaired) electrons. The standard InChI is InChI=1S/C31H47N5O5Si2/c1-12-38-24-22(18-39-42(8,9)30(2,3)4)40-29(25(24)41-43(10,11)31(5,6)7)36-20-34-23-26(32-19-33-27(23)36)35-28(37)21-16-14-13-15-17-21/h12-17,19-20,22,24-25,29H,1,18H2,2-11H3,(H,32,33,35,37)/t22-,24-,25-,29-/m1/s1. The Bertz CT molecular complexity index is 1430. The third kappa shape index (κ3) is 6.93. The first-order valence-electron chi connectivity index (χ1n) is 14.7. The van der Waals surface area contributed by atoms with Gasteiger partial charge in [0.2, 0.25) is 0 Å². The van der Waals surface area contributed by atoms with E-state index in [2.05, 4.69) is 94.6 Å². The van der Waals surface area contributed by atoms with Gasteiger partial charge in [0, 0.05) is 5.56 Å². The van der Waals surface area contributed by atoms with Gasteiger partial charge in [-0.3, -0.25) is 9.36 Å². The van der Waals surface area contributed by atoms with Crippen molar-refractivity contribution in [3.8, 4) is 0 Å². The van der Waals surface area contributed by atoms with Crippen LogP contribution in [-0.4, -0.2) is 67.0 Å². The van der Waals surface area contributed by atoms with Crippen molar-refractivity contribution in [3.63, 3.8) is 0 Å². The first-order valence-corrected chi connectivity index (χ1v) is 20.6. The van der Waals surface area contributed by atoms with Crippen LogP contribution in [0.5, 0.6) is 0 Å². The molecular weight excluding hydrogens is 579 g/mol. The van der Waals surface area contributed by atoms with E-state index in [1.165, 1.54) is 12.6 Å². The van der Waals surface area contributed by atoms with Crippen molar-refractivity contribution in [1.82, 2.24) is 19.5 Å². The molecule has 43 heavy (non-hydrogen) atoms. The van der Waals surface area contributed by atoms with Gasteiger partial charge in [-0.25, -0.2) is 15.0 Å². The number of imidazole rings is 1. The number of amides is 1. The van der Waals surface area contributed by atoms with Crippen molar-refractivity contribution >= 4 is 39.5 Å². The molecule has 1 N–H and O–H groups in total. The molecule has 2 aromatic heterocycles. The molecule has 0 unspecified atom stereocenters. The molecule has 1 aliphatic rings. The van der Waals surface area contributed by atoms with Crippen molar-refractivity contribution in [2.75, 3.05) is 11.9 Å². The number of fused-ring (bicyclic) bond motifs is 1. The third-order valence-corrected chi connectivity index (χ3v) is 18.1. The Kier molecular flexibility index (Phi) is 9.39. The lowest BCUT2D eigenvalue weighted by molar-refractivity contribution is -0.0482. The lowest BCUT2D eigenvalue weighted by Gasteiger charge is -2.40. The zero-order chi connectivity index (χ0) is 31.8. The maximum Gasteiger partial charge on any atom is 0.256 e. The molecule has 1 aliphatic heterocycles. The van der Waals surface area contributed by atoms with E-state index in [0.717, 1.165) is 0 Å². The molecule has 4 atom stereocenters. The predicted molar refractivity (Wildman–Crippen MR) is 174 cm³/mol. The molecular formula is C31H47N5O5Si2. The minimum absolute atomic E-state index is 0.0366. The average Bonchev–Trinajstić information content (AvgIpc) is 3.49. The summed E-state index contributed by atoms with van der Waals surface area (Å²) in [5, 5.41) is 2.86. The number of ether oxygens (including phenoxy) is 2. The van der Waals surface area contributed by atoms with Crippen LogP contribution in [0.4, 0.5) is 5.82 Å². The zero-order valence-corrected chi connectivity index (χ0v) is 29.2. The van der Waals surface area contributed by atoms with E-state index in [1.54, 1.807) is 18.5 Å². The first-order chi connectivity index (χ1) is 20.0. The number of hydrogen-bond acceptors (Lipinski definition) is 8. The van der Waals surface area contributed by atoms with Crippen LogP contribution in [-0.2, 0) is 18.3 Å². The Hall–Kier alpha value is -2.91. The number of rotatable bonds is 10. The monoisotopic (exact) mass is 625 g/mol. The van der Waals surface area contributed by atoms with E-state index < -0.39 is 41.2 Å². The highest BCUT2D eigenvalue weighted by Crippen LogP contribution is 2.44. The molecule has 1 aromatic carbocycles. The van der Waals surface area contributed by atoms with E-state index in [-0.39, 0.29) is 16.0 Å². The number of aromatic nitrogens is 4. The van der Waals surface area contributed by atoms with Crippen molar-refractivity contribution in [2.24, 2.45) is 0 Å². The topological polar surface area (TPSA) is 110 Å². The minimum Gasteiger partial charge on any atom is -0.493 e. The number of carbonyl (C=O) groups excluding carboxylic acids is 1. The van der Waals surface area contributed by atoms with E-state index >= 15 is 0 Å². The highest BCUT2D eigenvalue weighted by molar-refractivity contribution is 6.74. The smallest absolute Gasteiger partial charge is 0.256 e.